The van der Waals surface area contributed by atoms with Crippen LogP contribution < -0.4 is 0 Å². The fraction of sp³-hybridized carbons (Fsp3) is 0.0714. The van der Waals surface area contributed by atoms with Gasteiger partial charge in [0.2, 0.25) is 0 Å². The standard InChI is InChI=1S/C7H5O.C7H7.ClH.V/c8-6-7-4-2-1-3-5-7;1-7-5-3-2-4-6-7;;/h1-5H;2-6H,1H2;1H;. The van der Waals surface area contributed by atoms with Crippen LogP contribution in [-0.2, 0) is 21.4 Å². The summed E-state index contributed by atoms with van der Waals surface area (Å²) in [5.41, 5.74) is 2.10. The summed E-state index contributed by atoms with van der Waals surface area (Å²) in [5.74, 6) is 0. The number of hydrogen-bond acceptors (Lipinski definition) is 1. The Kier molecular flexibility index (Phi) is 6.06. The quantitative estimate of drug-likeness (QED) is 0.839. The van der Waals surface area contributed by atoms with E-state index in [1.165, 1.54) is 5.56 Å². The fourth-order valence-electron chi connectivity index (χ4n) is 1.42. The topological polar surface area (TPSA) is 17.1 Å². The van der Waals surface area contributed by atoms with Crippen molar-refractivity contribution in [2.45, 2.75) is 5.13 Å². The summed E-state index contributed by atoms with van der Waals surface area (Å²) in [6.07, 6.45) is 0. The molecule has 0 heterocycles. The average Bonchev–Trinajstić information content (AvgIpc) is 2.38. The van der Waals surface area contributed by atoms with Crippen molar-refractivity contribution in [2.75, 3.05) is 0 Å². The minimum atomic E-state index is -0.285. The average molecular weight is 284 g/mol. The van der Waals surface area contributed by atoms with Crippen LogP contribution >= 0.6 is 12.4 Å². The molecule has 0 saturated carbocycles. The van der Waals surface area contributed by atoms with E-state index in [0.717, 1.165) is 10.7 Å². The van der Waals surface area contributed by atoms with E-state index in [9.17, 15) is 4.79 Å². The molecular formula is C14H13ClOV. The molecule has 0 atom stereocenters. The molecule has 0 aliphatic heterocycles. The van der Waals surface area contributed by atoms with Crippen LogP contribution in [0.5, 0.6) is 0 Å². The monoisotopic (exact) mass is 283 g/mol. The number of rotatable bonds is 4. The Labute approximate surface area is 115 Å². The molecule has 0 amide bonds. The van der Waals surface area contributed by atoms with Crippen LogP contribution in [0, 0.1) is 0 Å². The molecule has 2 rings (SSSR count). The Bertz CT molecular complexity index is 456. The summed E-state index contributed by atoms with van der Waals surface area (Å²) in [5, 5.41) is 0.908. The minimum absolute atomic E-state index is 0. The van der Waals surface area contributed by atoms with E-state index in [4.69, 9.17) is 0 Å². The van der Waals surface area contributed by atoms with Gasteiger partial charge in [-0.15, -0.1) is 12.4 Å². The molecule has 87 valence electrons. The molecular weight excluding hydrogens is 271 g/mol. The molecule has 0 spiro atoms. The van der Waals surface area contributed by atoms with Gasteiger partial charge in [-0.05, 0) is 0 Å². The van der Waals surface area contributed by atoms with Gasteiger partial charge < -0.3 is 0 Å². The van der Waals surface area contributed by atoms with Crippen LogP contribution in [0.4, 0.5) is 0 Å². The molecule has 17 heavy (non-hydrogen) atoms. The van der Waals surface area contributed by atoms with Gasteiger partial charge in [0.15, 0.2) is 0 Å². The molecule has 2 aromatic rings. The Hall–Kier alpha value is -1.02. The summed E-state index contributed by atoms with van der Waals surface area (Å²) in [7, 11) is 0. The van der Waals surface area contributed by atoms with Crippen molar-refractivity contribution in [1.29, 1.82) is 0 Å². The molecule has 0 bridgehead atoms. The van der Waals surface area contributed by atoms with Crippen molar-refractivity contribution < 1.29 is 21.1 Å². The van der Waals surface area contributed by atoms with Crippen LogP contribution in [0.2, 0.25) is 0 Å². The molecule has 1 nitrogen and oxygen atoms in total. The summed E-state index contributed by atoms with van der Waals surface area (Å²) in [4.78, 5) is 11.9. The van der Waals surface area contributed by atoms with E-state index >= 15 is 0 Å². The van der Waals surface area contributed by atoms with Gasteiger partial charge in [-0.1, -0.05) is 0 Å². The van der Waals surface area contributed by atoms with Crippen molar-refractivity contribution in [3.63, 3.8) is 0 Å². The zero-order chi connectivity index (χ0) is 11.2. The Morgan fingerprint density at radius 2 is 1.41 bits per heavy atom. The molecule has 0 aliphatic carbocycles. The summed E-state index contributed by atoms with van der Waals surface area (Å²) in [6, 6.07) is 19.7. The number of halogens is 1. The molecule has 0 saturated heterocycles. The first-order valence-corrected chi connectivity index (χ1v) is 6.85. The van der Waals surface area contributed by atoms with Crippen LogP contribution in [0.3, 0.4) is 0 Å². The van der Waals surface area contributed by atoms with E-state index in [2.05, 4.69) is 12.1 Å². The van der Waals surface area contributed by atoms with E-state index < -0.39 is 0 Å². The number of carbonyl (C=O) groups excluding carboxylic acids is 1. The van der Waals surface area contributed by atoms with E-state index in [0.29, 0.717) is 4.49 Å². The molecule has 3 heteroatoms. The second kappa shape index (κ2) is 7.34. The first-order chi connectivity index (χ1) is 7.86. The van der Waals surface area contributed by atoms with Gasteiger partial charge in [-0.2, -0.15) is 0 Å². The predicted molar refractivity (Wildman–Crippen MR) is 68.2 cm³/mol. The second-order valence-corrected chi connectivity index (χ2v) is 5.09. The normalized spacial score (nSPS) is 9.18. The van der Waals surface area contributed by atoms with Gasteiger partial charge in [0, 0.05) is 0 Å². The van der Waals surface area contributed by atoms with Gasteiger partial charge in [-0.3, -0.25) is 0 Å². The fourth-order valence-corrected chi connectivity index (χ4v) is 2.77. The molecule has 0 fully saturated rings. The van der Waals surface area contributed by atoms with Gasteiger partial charge >= 0.3 is 103 Å². The molecule has 2 aromatic carbocycles. The van der Waals surface area contributed by atoms with Gasteiger partial charge in [-0.25, -0.2) is 0 Å². The van der Waals surface area contributed by atoms with Crippen molar-refractivity contribution >= 4 is 16.9 Å². The molecule has 0 aliphatic rings. The second-order valence-electron chi connectivity index (χ2n) is 3.47. The van der Waals surface area contributed by atoms with E-state index in [-0.39, 0.29) is 28.7 Å². The zero-order valence-corrected chi connectivity index (χ0v) is 11.5. The Morgan fingerprint density at radius 3 is 2.00 bits per heavy atom. The third-order valence-corrected chi connectivity index (χ3v) is 3.94. The third kappa shape index (κ3) is 4.39. The van der Waals surface area contributed by atoms with E-state index in [1.54, 1.807) is 0 Å². The molecule has 0 radical (unpaired) electrons. The summed E-state index contributed by atoms with van der Waals surface area (Å²) >= 11 is -0.285. The third-order valence-electron chi connectivity index (χ3n) is 2.27. The van der Waals surface area contributed by atoms with Crippen molar-refractivity contribution in [2.24, 2.45) is 0 Å². The SMILES string of the molecule is Cl.O=[C]([V][CH2]c1ccccc1)c1ccccc1. The van der Waals surface area contributed by atoms with Crippen molar-refractivity contribution in [3.8, 4) is 0 Å². The molecule has 0 N–H and O–H groups in total. The maximum absolute atomic E-state index is 11.9. The Morgan fingerprint density at radius 1 is 0.882 bits per heavy atom. The number of carbonyl (C=O) groups is 1. The van der Waals surface area contributed by atoms with Gasteiger partial charge in [0.05, 0.1) is 0 Å². The summed E-state index contributed by atoms with van der Waals surface area (Å²) < 4.78 is 0.306. The van der Waals surface area contributed by atoms with Crippen LogP contribution in [0.1, 0.15) is 15.9 Å². The van der Waals surface area contributed by atoms with E-state index in [1.807, 2.05) is 48.5 Å². The Balaban J connectivity index is 0.00000144. The van der Waals surface area contributed by atoms with Crippen molar-refractivity contribution in [1.82, 2.24) is 0 Å². The van der Waals surface area contributed by atoms with Crippen LogP contribution in [0.25, 0.3) is 0 Å². The van der Waals surface area contributed by atoms with Gasteiger partial charge in [0.25, 0.3) is 0 Å². The number of hydrogen-bond donors (Lipinski definition) is 0. The first kappa shape index (κ1) is 14.0. The number of benzene rings is 2. The maximum atomic E-state index is 11.9. The van der Waals surface area contributed by atoms with Crippen molar-refractivity contribution in [3.05, 3.63) is 71.8 Å². The van der Waals surface area contributed by atoms with Gasteiger partial charge in [0.1, 0.15) is 0 Å². The first-order valence-electron chi connectivity index (χ1n) is 5.17. The van der Waals surface area contributed by atoms with Crippen LogP contribution in [0.15, 0.2) is 60.7 Å². The zero-order valence-electron chi connectivity index (χ0n) is 9.24. The molecule has 0 aromatic heterocycles. The van der Waals surface area contributed by atoms with Crippen LogP contribution in [-0.4, -0.2) is 4.49 Å². The predicted octanol–water partition coefficient (Wildman–Crippen LogP) is 3.53. The molecule has 0 unspecified atom stereocenters. The summed E-state index contributed by atoms with van der Waals surface area (Å²) in [6.45, 7) is 0.